The highest BCUT2D eigenvalue weighted by Crippen LogP contribution is 2.29. The topological polar surface area (TPSA) is 59.1 Å². The predicted molar refractivity (Wildman–Crippen MR) is 107 cm³/mol. The van der Waals surface area contributed by atoms with Crippen LogP contribution in [0, 0.1) is 6.92 Å². The molecular formula is C19H18Cl2N4O. The number of benzene rings is 2. The Morgan fingerprint density at radius 1 is 0.962 bits per heavy atom. The summed E-state index contributed by atoms with van der Waals surface area (Å²) in [5.74, 6) is 1.83. The monoisotopic (exact) mass is 388 g/mol. The number of hydrogen-bond acceptors (Lipinski definition) is 5. The zero-order chi connectivity index (χ0) is 18.5. The molecule has 0 fully saturated rings. The Hall–Kier alpha value is -2.50. The molecular weight excluding hydrogens is 371 g/mol. The van der Waals surface area contributed by atoms with Gasteiger partial charge in [0.2, 0.25) is 5.95 Å². The van der Waals surface area contributed by atoms with Gasteiger partial charge in [-0.1, -0.05) is 35.3 Å². The summed E-state index contributed by atoms with van der Waals surface area (Å²) < 4.78 is 5.63. The second-order valence-electron chi connectivity index (χ2n) is 5.52. The Bertz CT molecular complexity index is 918. The molecule has 3 rings (SSSR count). The Kier molecular flexibility index (Phi) is 5.81. The van der Waals surface area contributed by atoms with Crippen molar-refractivity contribution >= 4 is 46.3 Å². The van der Waals surface area contributed by atoms with Gasteiger partial charge in [0.25, 0.3) is 0 Å². The number of para-hydroxylation sites is 2. The Morgan fingerprint density at radius 2 is 1.77 bits per heavy atom. The highest BCUT2D eigenvalue weighted by molar-refractivity contribution is 6.36. The number of nitrogens with zero attached hydrogens (tertiary/aromatic N) is 2. The van der Waals surface area contributed by atoms with Gasteiger partial charge in [0.15, 0.2) is 0 Å². The van der Waals surface area contributed by atoms with Crippen LogP contribution in [-0.4, -0.2) is 16.6 Å². The van der Waals surface area contributed by atoms with Crippen molar-refractivity contribution in [3.63, 3.8) is 0 Å². The summed E-state index contributed by atoms with van der Waals surface area (Å²) >= 11 is 12.2. The molecule has 0 aliphatic heterocycles. The first-order chi connectivity index (χ1) is 12.5. The highest BCUT2D eigenvalue weighted by Gasteiger charge is 2.08. The van der Waals surface area contributed by atoms with Crippen LogP contribution in [0.25, 0.3) is 0 Å². The van der Waals surface area contributed by atoms with Crippen molar-refractivity contribution in [2.75, 3.05) is 17.2 Å². The van der Waals surface area contributed by atoms with E-state index in [0.717, 1.165) is 22.8 Å². The molecule has 0 radical (unpaired) electrons. The molecule has 2 aromatic carbocycles. The van der Waals surface area contributed by atoms with Gasteiger partial charge in [0, 0.05) is 16.8 Å². The minimum Gasteiger partial charge on any atom is -0.492 e. The third-order valence-electron chi connectivity index (χ3n) is 3.48. The van der Waals surface area contributed by atoms with Gasteiger partial charge >= 0.3 is 0 Å². The quantitative estimate of drug-likeness (QED) is 0.543. The van der Waals surface area contributed by atoms with E-state index in [0.29, 0.717) is 28.4 Å². The number of aryl methyl sites for hydroxylation is 1. The van der Waals surface area contributed by atoms with Crippen molar-refractivity contribution in [3.8, 4) is 5.75 Å². The summed E-state index contributed by atoms with van der Waals surface area (Å²) in [4.78, 5) is 8.95. The maximum absolute atomic E-state index is 6.22. The molecule has 134 valence electrons. The van der Waals surface area contributed by atoms with Crippen LogP contribution >= 0.6 is 23.2 Å². The lowest BCUT2D eigenvalue weighted by molar-refractivity contribution is 0.342. The van der Waals surface area contributed by atoms with Gasteiger partial charge in [-0.3, -0.25) is 0 Å². The number of nitrogens with one attached hydrogen (secondary N) is 2. The third kappa shape index (κ3) is 4.56. The normalized spacial score (nSPS) is 10.5. The number of halogens is 2. The van der Waals surface area contributed by atoms with E-state index in [4.69, 9.17) is 27.9 Å². The number of hydrogen-bond donors (Lipinski definition) is 2. The molecule has 2 N–H and O–H groups in total. The van der Waals surface area contributed by atoms with E-state index in [1.807, 2.05) is 44.2 Å². The fourth-order valence-corrected chi connectivity index (χ4v) is 2.84. The first-order valence-electron chi connectivity index (χ1n) is 8.12. The zero-order valence-corrected chi connectivity index (χ0v) is 15.9. The molecule has 0 amide bonds. The molecule has 0 saturated heterocycles. The SMILES string of the molecule is CCOc1ccccc1Nc1nc(C)cc(Nc2ccc(Cl)cc2Cl)n1. The number of ether oxygens (including phenoxy) is 1. The van der Waals surface area contributed by atoms with Gasteiger partial charge in [-0.25, -0.2) is 4.98 Å². The van der Waals surface area contributed by atoms with Crippen LogP contribution in [0.15, 0.2) is 48.5 Å². The number of aromatic nitrogens is 2. The van der Waals surface area contributed by atoms with E-state index in [1.54, 1.807) is 18.2 Å². The minimum absolute atomic E-state index is 0.463. The molecule has 1 heterocycles. The fourth-order valence-electron chi connectivity index (χ4n) is 2.39. The van der Waals surface area contributed by atoms with E-state index in [9.17, 15) is 0 Å². The second kappa shape index (κ2) is 8.25. The third-order valence-corrected chi connectivity index (χ3v) is 4.03. The van der Waals surface area contributed by atoms with Crippen molar-refractivity contribution < 1.29 is 4.74 Å². The lowest BCUT2D eigenvalue weighted by atomic mass is 10.3. The predicted octanol–water partition coefficient (Wildman–Crippen LogP) is 5.98. The summed E-state index contributed by atoms with van der Waals surface area (Å²) in [6.07, 6.45) is 0. The van der Waals surface area contributed by atoms with Crippen molar-refractivity contribution in [2.24, 2.45) is 0 Å². The first-order valence-corrected chi connectivity index (χ1v) is 8.87. The fraction of sp³-hybridized carbons (Fsp3) is 0.158. The molecule has 0 unspecified atom stereocenters. The van der Waals surface area contributed by atoms with Gasteiger partial charge in [0.05, 0.1) is 23.0 Å². The van der Waals surface area contributed by atoms with Crippen molar-refractivity contribution in [1.29, 1.82) is 0 Å². The van der Waals surface area contributed by atoms with Gasteiger partial charge in [0.1, 0.15) is 11.6 Å². The Morgan fingerprint density at radius 3 is 2.54 bits per heavy atom. The lowest BCUT2D eigenvalue weighted by Crippen LogP contribution is -2.04. The summed E-state index contributed by atoms with van der Waals surface area (Å²) in [7, 11) is 0. The van der Waals surface area contributed by atoms with Crippen molar-refractivity contribution in [1.82, 2.24) is 9.97 Å². The molecule has 26 heavy (non-hydrogen) atoms. The van der Waals surface area contributed by atoms with Gasteiger partial charge in [-0.15, -0.1) is 0 Å². The molecule has 1 aromatic heterocycles. The molecule has 0 atom stereocenters. The van der Waals surface area contributed by atoms with Crippen LogP contribution in [-0.2, 0) is 0 Å². The van der Waals surface area contributed by atoms with Crippen LogP contribution in [0.1, 0.15) is 12.6 Å². The van der Waals surface area contributed by atoms with Crippen LogP contribution in [0.5, 0.6) is 5.75 Å². The summed E-state index contributed by atoms with van der Waals surface area (Å²) in [5, 5.41) is 7.50. The second-order valence-corrected chi connectivity index (χ2v) is 6.37. The average molecular weight is 389 g/mol. The van der Waals surface area contributed by atoms with Crippen LogP contribution in [0.3, 0.4) is 0 Å². The van der Waals surface area contributed by atoms with Crippen molar-refractivity contribution in [3.05, 3.63) is 64.3 Å². The molecule has 5 nitrogen and oxygen atoms in total. The molecule has 0 saturated carbocycles. The smallest absolute Gasteiger partial charge is 0.229 e. The zero-order valence-electron chi connectivity index (χ0n) is 14.4. The molecule has 0 spiro atoms. The van der Waals surface area contributed by atoms with Crippen LogP contribution in [0.2, 0.25) is 10.0 Å². The Labute approximate surface area is 162 Å². The van der Waals surface area contributed by atoms with E-state index in [1.165, 1.54) is 0 Å². The van der Waals surface area contributed by atoms with Crippen LogP contribution < -0.4 is 15.4 Å². The summed E-state index contributed by atoms with van der Waals surface area (Å²) in [6, 6.07) is 14.7. The summed E-state index contributed by atoms with van der Waals surface area (Å²) in [5.41, 5.74) is 2.33. The van der Waals surface area contributed by atoms with Crippen molar-refractivity contribution in [2.45, 2.75) is 13.8 Å². The lowest BCUT2D eigenvalue weighted by Gasteiger charge is -2.13. The first kappa shape index (κ1) is 18.3. The number of rotatable bonds is 6. The Balaban J connectivity index is 1.86. The number of anilines is 4. The molecule has 0 aliphatic carbocycles. The van der Waals surface area contributed by atoms with E-state index in [-0.39, 0.29) is 0 Å². The molecule has 3 aromatic rings. The van der Waals surface area contributed by atoms with E-state index >= 15 is 0 Å². The average Bonchev–Trinajstić information content (AvgIpc) is 2.59. The largest absolute Gasteiger partial charge is 0.492 e. The van der Waals surface area contributed by atoms with Crippen LogP contribution in [0.4, 0.5) is 23.1 Å². The van der Waals surface area contributed by atoms with E-state index in [2.05, 4.69) is 20.6 Å². The maximum Gasteiger partial charge on any atom is 0.229 e. The summed E-state index contributed by atoms with van der Waals surface area (Å²) in [6.45, 7) is 4.42. The van der Waals surface area contributed by atoms with Gasteiger partial charge in [-0.05, 0) is 44.2 Å². The maximum atomic E-state index is 6.22. The van der Waals surface area contributed by atoms with E-state index < -0.39 is 0 Å². The molecule has 7 heteroatoms. The molecule has 0 aliphatic rings. The van der Waals surface area contributed by atoms with Gasteiger partial charge in [-0.2, -0.15) is 4.98 Å². The minimum atomic E-state index is 0.463. The highest BCUT2D eigenvalue weighted by atomic mass is 35.5. The molecule has 0 bridgehead atoms. The standard InChI is InChI=1S/C19H18Cl2N4O/c1-3-26-17-7-5-4-6-16(17)24-19-22-12(2)10-18(25-19)23-15-9-8-13(20)11-14(15)21/h4-11H,3H2,1-2H3,(H2,22,23,24,25). The van der Waals surface area contributed by atoms with Gasteiger partial charge < -0.3 is 15.4 Å².